The molecule has 2 rings (SSSR count). The fourth-order valence-corrected chi connectivity index (χ4v) is 2.34. The first-order valence-corrected chi connectivity index (χ1v) is 6.42. The van der Waals surface area contributed by atoms with Gasteiger partial charge in [-0.3, -0.25) is 4.79 Å². The van der Waals surface area contributed by atoms with Crippen LogP contribution in [0.5, 0.6) is 0 Å². The molecule has 0 bridgehead atoms. The van der Waals surface area contributed by atoms with E-state index >= 15 is 0 Å². The van der Waals surface area contributed by atoms with E-state index in [0.29, 0.717) is 10.6 Å². The van der Waals surface area contributed by atoms with E-state index in [1.54, 1.807) is 31.5 Å². The zero-order chi connectivity index (χ0) is 14.0. The molecule has 1 amide bonds. The minimum absolute atomic E-state index is 0.0792. The summed E-state index contributed by atoms with van der Waals surface area (Å²) in [6.45, 7) is 3.53. The van der Waals surface area contributed by atoms with E-state index in [4.69, 9.17) is 5.11 Å². The van der Waals surface area contributed by atoms with Crippen molar-refractivity contribution in [3.8, 4) is 0 Å². The molecule has 1 aromatic heterocycles. The minimum Gasteiger partial charge on any atom is -0.478 e. The number of carboxylic acid groups (broad SMARTS) is 1. The standard InChI is InChI=1S/C13H12N2O3S/c1-7-3-4-10(9(5-7)13(17)18)15-12(16)11-8(2)14-6-19-11/h3-6H,1-2H3,(H,15,16)(H,17,18). The molecule has 0 atom stereocenters. The van der Waals surface area contributed by atoms with Gasteiger partial charge in [0.15, 0.2) is 0 Å². The fraction of sp³-hybridized carbons (Fsp3) is 0.154. The first-order chi connectivity index (χ1) is 8.99. The van der Waals surface area contributed by atoms with E-state index in [2.05, 4.69) is 10.3 Å². The second-order valence-corrected chi connectivity index (χ2v) is 4.93. The lowest BCUT2D eigenvalue weighted by molar-refractivity contribution is 0.0698. The number of aromatic carboxylic acids is 1. The van der Waals surface area contributed by atoms with Crippen molar-refractivity contribution in [1.29, 1.82) is 0 Å². The van der Waals surface area contributed by atoms with Crippen molar-refractivity contribution in [1.82, 2.24) is 4.98 Å². The van der Waals surface area contributed by atoms with Gasteiger partial charge in [-0.15, -0.1) is 11.3 Å². The highest BCUT2D eigenvalue weighted by Crippen LogP contribution is 2.20. The first kappa shape index (κ1) is 13.2. The number of amides is 1. The van der Waals surface area contributed by atoms with Crippen LogP contribution < -0.4 is 5.32 Å². The van der Waals surface area contributed by atoms with Crippen molar-refractivity contribution in [2.45, 2.75) is 13.8 Å². The third-order valence-corrected chi connectivity index (χ3v) is 3.53. The van der Waals surface area contributed by atoms with Gasteiger partial charge in [0.1, 0.15) is 4.88 Å². The number of thiazole rings is 1. The highest BCUT2D eigenvalue weighted by molar-refractivity contribution is 7.12. The van der Waals surface area contributed by atoms with Gasteiger partial charge >= 0.3 is 5.97 Å². The smallest absolute Gasteiger partial charge is 0.337 e. The number of hydrogen-bond donors (Lipinski definition) is 2. The van der Waals surface area contributed by atoms with Gasteiger partial charge in [-0.2, -0.15) is 0 Å². The summed E-state index contributed by atoms with van der Waals surface area (Å²) in [5, 5.41) is 11.7. The van der Waals surface area contributed by atoms with Crippen molar-refractivity contribution in [3.05, 3.63) is 45.4 Å². The number of nitrogens with zero attached hydrogens (tertiary/aromatic N) is 1. The summed E-state index contributed by atoms with van der Waals surface area (Å²) in [6.07, 6.45) is 0. The van der Waals surface area contributed by atoms with E-state index in [-0.39, 0.29) is 17.2 Å². The Bertz CT molecular complexity index is 649. The van der Waals surface area contributed by atoms with Crippen molar-refractivity contribution in [3.63, 3.8) is 0 Å². The molecule has 98 valence electrons. The predicted octanol–water partition coefficient (Wildman–Crippen LogP) is 2.71. The Kier molecular flexibility index (Phi) is 3.62. The Balaban J connectivity index is 2.32. The number of nitrogens with one attached hydrogen (secondary N) is 1. The molecule has 0 aliphatic heterocycles. The highest BCUT2D eigenvalue weighted by atomic mass is 32.1. The zero-order valence-electron chi connectivity index (χ0n) is 10.4. The molecule has 1 heterocycles. The Morgan fingerprint density at radius 3 is 2.63 bits per heavy atom. The normalized spacial score (nSPS) is 10.2. The van der Waals surface area contributed by atoms with Crippen molar-refractivity contribution in [2.75, 3.05) is 5.32 Å². The Hall–Kier alpha value is -2.21. The molecular weight excluding hydrogens is 264 g/mol. The molecule has 0 radical (unpaired) electrons. The number of anilines is 1. The summed E-state index contributed by atoms with van der Waals surface area (Å²) in [6, 6.07) is 4.87. The van der Waals surface area contributed by atoms with E-state index in [1.807, 2.05) is 0 Å². The molecule has 2 N–H and O–H groups in total. The van der Waals surface area contributed by atoms with Crippen LogP contribution in [-0.4, -0.2) is 22.0 Å². The highest BCUT2D eigenvalue weighted by Gasteiger charge is 2.16. The molecule has 2 aromatic rings. The van der Waals surface area contributed by atoms with Gasteiger partial charge in [0, 0.05) is 0 Å². The molecule has 0 aliphatic carbocycles. The average molecular weight is 276 g/mol. The molecule has 5 nitrogen and oxygen atoms in total. The number of carbonyl (C=O) groups is 2. The largest absolute Gasteiger partial charge is 0.478 e. The summed E-state index contributed by atoms with van der Waals surface area (Å²) >= 11 is 1.22. The lowest BCUT2D eigenvalue weighted by Gasteiger charge is -2.08. The van der Waals surface area contributed by atoms with Crippen molar-refractivity contribution < 1.29 is 14.7 Å². The van der Waals surface area contributed by atoms with E-state index < -0.39 is 5.97 Å². The maximum atomic E-state index is 12.0. The van der Waals surface area contributed by atoms with Crippen LogP contribution in [0, 0.1) is 13.8 Å². The third-order valence-electron chi connectivity index (χ3n) is 2.61. The number of hydrogen-bond acceptors (Lipinski definition) is 4. The van der Waals surface area contributed by atoms with E-state index in [1.165, 1.54) is 17.4 Å². The molecule has 0 saturated carbocycles. The monoisotopic (exact) mass is 276 g/mol. The molecule has 0 spiro atoms. The second kappa shape index (κ2) is 5.19. The van der Waals surface area contributed by atoms with Crippen LogP contribution in [0.1, 0.15) is 31.3 Å². The zero-order valence-corrected chi connectivity index (χ0v) is 11.2. The van der Waals surface area contributed by atoms with Crippen LogP contribution in [0.25, 0.3) is 0 Å². The van der Waals surface area contributed by atoms with Crippen LogP contribution >= 0.6 is 11.3 Å². The maximum Gasteiger partial charge on any atom is 0.337 e. The quantitative estimate of drug-likeness (QED) is 0.903. The average Bonchev–Trinajstić information content (AvgIpc) is 2.77. The van der Waals surface area contributed by atoms with Gasteiger partial charge in [-0.1, -0.05) is 11.6 Å². The van der Waals surface area contributed by atoms with Gasteiger partial charge in [0.2, 0.25) is 0 Å². The van der Waals surface area contributed by atoms with Crippen LogP contribution in [0.15, 0.2) is 23.7 Å². The van der Waals surface area contributed by atoms with Crippen LogP contribution in [0.2, 0.25) is 0 Å². The molecular formula is C13H12N2O3S. The minimum atomic E-state index is -1.07. The Labute approximate surface area is 113 Å². The third kappa shape index (κ3) is 2.79. The van der Waals surface area contributed by atoms with Crippen molar-refractivity contribution >= 4 is 28.9 Å². The molecule has 0 unspecified atom stereocenters. The van der Waals surface area contributed by atoms with Crippen LogP contribution in [0.4, 0.5) is 5.69 Å². The van der Waals surface area contributed by atoms with E-state index in [0.717, 1.165) is 5.56 Å². The summed E-state index contributed by atoms with van der Waals surface area (Å²) in [5.74, 6) is -1.41. The second-order valence-electron chi connectivity index (χ2n) is 4.08. The Morgan fingerprint density at radius 2 is 2.05 bits per heavy atom. The first-order valence-electron chi connectivity index (χ1n) is 5.54. The predicted molar refractivity (Wildman–Crippen MR) is 72.9 cm³/mol. The summed E-state index contributed by atoms with van der Waals surface area (Å²) in [5.41, 5.74) is 3.40. The van der Waals surface area contributed by atoms with Crippen LogP contribution in [-0.2, 0) is 0 Å². The number of aromatic nitrogens is 1. The number of benzene rings is 1. The van der Waals surface area contributed by atoms with Crippen LogP contribution in [0.3, 0.4) is 0 Å². The molecule has 6 heteroatoms. The molecule has 19 heavy (non-hydrogen) atoms. The fourth-order valence-electron chi connectivity index (χ4n) is 1.64. The summed E-state index contributed by atoms with van der Waals surface area (Å²) in [7, 11) is 0. The number of carbonyl (C=O) groups excluding carboxylic acids is 1. The maximum absolute atomic E-state index is 12.0. The van der Waals surface area contributed by atoms with Gasteiger partial charge in [0.05, 0.1) is 22.5 Å². The van der Waals surface area contributed by atoms with Gasteiger partial charge in [-0.25, -0.2) is 9.78 Å². The molecule has 0 aliphatic rings. The SMILES string of the molecule is Cc1ccc(NC(=O)c2scnc2C)c(C(=O)O)c1. The Morgan fingerprint density at radius 1 is 1.32 bits per heavy atom. The molecule has 1 aromatic carbocycles. The number of carboxylic acids is 1. The lowest BCUT2D eigenvalue weighted by atomic mass is 10.1. The van der Waals surface area contributed by atoms with Gasteiger partial charge < -0.3 is 10.4 Å². The lowest BCUT2D eigenvalue weighted by Crippen LogP contribution is -2.14. The molecule has 0 saturated heterocycles. The summed E-state index contributed by atoms with van der Waals surface area (Å²) < 4.78 is 0. The topological polar surface area (TPSA) is 79.3 Å². The van der Waals surface area contributed by atoms with Gasteiger partial charge in [-0.05, 0) is 26.0 Å². The molecule has 0 fully saturated rings. The summed E-state index contributed by atoms with van der Waals surface area (Å²) in [4.78, 5) is 27.6. The van der Waals surface area contributed by atoms with Gasteiger partial charge in [0.25, 0.3) is 5.91 Å². The van der Waals surface area contributed by atoms with E-state index in [9.17, 15) is 9.59 Å². The van der Waals surface area contributed by atoms with Crippen molar-refractivity contribution in [2.24, 2.45) is 0 Å². The number of rotatable bonds is 3. The number of aryl methyl sites for hydroxylation is 2.